The highest BCUT2D eigenvalue weighted by atomic mass is 35.5. The molecule has 1 aliphatic rings. The first-order valence-corrected chi connectivity index (χ1v) is 10.1. The molecule has 0 atom stereocenters. The number of hydrogen-bond acceptors (Lipinski definition) is 3. The molecule has 0 bridgehead atoms. The van der Waals surface area contributed by atoms with Crippen LogP contribution in [0.15, 0.2) is 36.4 Å². The van der Waals surface area contributed by atoms with E-state index >= 15 is 0 Å². The Hall–Kier alpha value is -1.95. The van der Waals surface area contributed by atoms with Gasteiger partial charge >= 0.3 is 0 Å². The number of carbonyl (C=O) groups is 2. The smallest absolute Gasteiger partial charge is 0.257 e. The van der Waals surface area contributed by atoms with Gasteiger partial charge in [0.1, 0.15) is 0 Å². The van der Waals surface area contributed by atoms with Crippen molar-refractivity contribution in [3.05, 3.63) is 57.0 Å². The minimum atomic E-state index is -0.336. The molecule has 0 unspecified atom stereocenters. The Morgan fingerprint density at radius 3 is 2.29 bits per heavy atom. The number of piperazine rings is 1. The lowest BCUT2D eigenvalue weighted by Crippen LogP contribution is -2.48. The number of hydrogen-bond donors (Lipinski definition) is 1. The quantitative estimate of drug-likeness (QED) is 0.731. The maximum atomic E-state index is 12.4. The van der Waals surface area contributed by atoms with Gasteiger partial charge < -0.3 is 15.1 Å². The van der Waals surface area contributed by atoms with Gasteiger partial charge in [-0.25, -0.2) is 0 Å². The van der Waals surface area contributed by atoms with Gasteiger partial charge in [-0.3, -0.25) is 9.59 Å². The second kappa shape index (κ2) is 9.03. The molecular weight excluding hydrogens is 421 g/mol. The van der Waals surface area contributed by atoms with Gasteiger partial charge in [-0.1, -0.05) is 41.7 Å². The van der Waals surface area contributed by atoms with Crippen molar-refractivity contribution in [1.82, 2.24) is 4.90 Å². The van der Waals surface area contributed by atoms with Crippen molar-refractivity contribution < 1.29 is 9.59 Å². The first-order valence-electron chi connectivity index (χ1n) is 8.97. The van der Waals surface area contributed by atoms with Crippen LogP contribution in [-0.4, -0.2) is 42.9 Å². The highest BCUT2D eigenvalue weighted by Gasteiger charge is 2.21. The Balaban J connectivity index is 1.67. The molecule has 0 aliphatic carbocycles. The van der Waals surface area contributed by atoms with E-state index in [4.69, 9.17) is 34.8 Å². The highest BCUT2D eigenvalue weighted by molar-refractivity contribution is 6.37. The van der Waals surface area contributed by atoms with E-state index < -0.39 is 0 Å². The molecule has 1 fully saturated rings. The molecular formula is C20H20Cl3N3O2. The van der Waals surface area contributed by atoms with Gasteiger partial charge in [-0.15, -0.1) is 0 Å². The molecule has 0 aromatic heterocycles. The van der Waals surface area contributed by atoms with Crippen molar-refractivity contribution in [1.29, 1.82) is 0 Å². The molecule has 0 radical (unpaired) electrons. The van der Waals surface area contributed by atoms with Crippen LogP contribution >= 0.6 is 34.8 Å². The van der Waals surface area contributed by atoms with Crippen LogP contribution in [0.25, 0.3) is 0 Å². The van der Waals surface area contributed by atoms with Crippen LogP contribution in [0, 0.1) is 0 Å². The van der Waals surface area contributed by atoms with Gasteiger partial charge in [0.2, 0.25) is 5.91 Å². The summed E-state index contributed by atoms with van der Waals surface area (Å²) in [7, 11) is 0. The van der Waals surface area contributed by atoms with E-state index in [1.54, 1.807) is 24.3 Å². The molecule has 148 valence electrons. The molecule has 3 rings (SSSR count). The molecule has 0 saturated carbocycles. The summed E-state index contributed by atoms with van der Waals surface area (Å²) in [6.45, 7) is 4.66. The second-order valence-electron chi connectivity index (χ2n) is 6.47. The normalized spacial score (nSPS) is 14.1. The molecule has 2 aromatic rings. The zero-order chi connectivity index (χ0) is 20.3. The van der Waals surface area contributed by atoms with Crippen LogP contribution in [0.5, 0.6) is 0 Å². The van der Waals surface area contributed by atoms with E-state index in [0.717, 1.165) is 18.8 Å². The number of rotatable bonds is 4. The third-order valence-electron chi connectivity index (χ3n) is 4.66. The van der Waals surface area contributed by atoms with Crippen molar-refractivity contribution in [2.45, 2.75) is 13.3 Å². The Bertz CT molecular complexity index is 896. The average Bonchev–Trinajstić information content (AvgIpc) is 2.67. The lowest BCUT2D eigenvalue weighted by molar-refractivity contribution is -0.131. The van der Waals surface area contributed by atoms with Crippen LogP contribution < -0.4 is 10.2 Å². The Morgan fingerprint density at radius 2 is 1.68 bits per heavy atom. The summed E-state index contributed by atoms with van der Waals surface area (Å²) >= 11 is 18.4. The first kappa shape index (κ1) is 20.8. The molecule has 1 aliphatic heterocycles. The van der Waals surface area contributed by atoms with Crippen molar-refractivity contribution in [2.24, 2.45) is 0 Å². The van der Waals surface area contributed by atoms with E-state index in [9.17, 15) is 9.59 Å². The Labute approximate surface area is 179 Å². The standard InChI is InChI=1S/C20H20Cl3N3O2/c1-2-19(27)26-9-7-25(8-10-26)18-6-4-14(12-17(18)23)24-20(28)15-5-3-13(21)11-16(15)22/h3-6,11-12H,2,7-10H2,1H3,(H,24,28). The molecule has 1 N–H and O–H groups in total. The molecule has 2 amide bonds. The Kier molecular flexibility index (Phi) is 6.70. The lowest BCUT2D eigenvalue weighted by atomic mass is 10.2. The fourth-order valence-corrected chi connectivity index (χ4v) is 3.93. The van der Waals surface area contributed by atoms with Gasteiger partial charge in [0.15, 0.2) is 0 Å². The van der Waals surface area contributed by atoms with Crippen LogP contribution in [0.1, 0.15) is 23.7 Å². The summed E-state index contributed by atoms with van der Waals surface area (Å²) in [5.74, 6) is -0.165. The average molecular weight is 441 g/mol. The summed E-state index contributed by atoms with van der Waals surface area (Å²) in [5.41, 5.74) is 1.79. The van der Waals surface area contributed by atoms with E-state index in [-0.39, 0.29) is 16.8 Å². The number of nitrogens with zero attached hydrogens (tertiary/aromatic N) is 2. The molecule has 28 heavy (non-hydrogen) atoms. The van der Waals surface area contributed by atoms with Crippen LogP contribution in [0.2, 0.25) is 15.1 Å². The summed E-state index contributed by atoms with van der Waals surface area (Å²) < 4.78 is 0. The predicted octanol–water partition coefficient (Wildman–Crippen LogP) is 4.96. The van der Waals surface area contributed by atoms with Gasteiger partial charge in [-0.05, 0) is 36.4 Å². The molecule has 1 saturated heterocycles. The number of nitrogens with one attached hydrogen (secondary N) is 1. The third-order valence-corrected chi connectivity index (χ3v) is 5.51. The largest absolute Gasteiger partial charge is 0.367 e. The van der Waals surface area contributed by atoms with Gasteiger partial charge in [0.05, 0.1) is 21.3 Å². The van der Waals surface area contributed by atoms with Crippen LogP contribution in [-0.2, 0) is 4.79 Å². The molecule has 2 aromatic carbocycles. The minimum absolute atomic E-state index is 0.171. The van der Waals surface area contributed by atoms with Gasteiger partial charge in [0.25, 0.3) is 5.91 Å². The monoisotopic (exact) mass is 439 g/mol. The third kappa shape index (κ3) is 4.72. The Morgan fingerprint density at radius 1 is 0.964 bits per heavy atom. The summed E-state index contributed by atoms with van der Waals surface area (Å²) in [4.78, 5) is 28.3. The number of carbonyl (C=O) groups excluding carboxylic acids is 2. The fourth-order valence-electron chi connectivity index (χ4n) is 3.13. The van der Waals surface area contributed by atoms with Crippen LogP contribution in [0.4, 0.5) is 11.4 Å². The zero-order valence-electron chi connectivity index (χ0n) is 15.3. The van der Waals surface area contributed by atoms with Gasteiger partial charge in [-0.2, -0.15) is 0 Å². The predicted molar refractivity (Wildman–Crippen MR) is 115 cm³/mol. The number of anilines is 2. The molecule has 1 heterocycles. The maximum absolute atomic E-state index is 12.4. The fraction of sp³-hybridized carbons (Fsp3) is 0.300. The van der Waals surface area contributed by atoms with Crippen molar-refractivity contribution in [3.8, 4) is 0 Å². The van der Waals surface area contributed by atoms with E-state index in [0.29, 0.717) is 40.8 Å². The van der Waals surface area contributed by atoms with Gasteiger partial charge in [0, 0.05) is 43.3 Å². The first-order chi connectivity index (χ1) is 13.4. The summed E-state index contributed by atoms with van der Waals surface area (Å²) in [6.07, 6.45) is 0.521. The van der Waals surface area contributed by atoms with Crippen molar-refractivity contribution in [3.63, 3.8) is 0 Å². The number of amides is 2. The zero-order valence-corrected chi connectivity index (χ0v) is 17.6. The van der Waals surface area contributed by atoms with E-state index in [1.807, 2.05) is 17.9 Å². The van der Waals surface area contributed by atoms with E-state index in [2.05, 4.69) is 10.2 Å². The second-order valence-corrected chi connectivity index (χ2v) is 7.72. The number of halogens is 3. The number of benzene rings is 2. The summed E-state index contributed by atoms with van der Waals surface area (Å²) in [6, 6.07) is 10.1. The molecule has 0 spiro atoms. The SMILES string of the molecule is CCC(=O)N1CCN(c2ccc(NC(=O)c3ccc(Cl)cc3Cl)cc2Cl)CC1. The van der Waals surface area contributed by atoms with Crippen molar-refractivity contribution >= 4 is 58.0 Å². The molecule has 5 nitrogen and oxygen atoms in total. The lowest BCUT2D eigenvalue weighted by Gasteiger charge is -2.36. The molecule has 8 heteroatoms. The minimum Gasteiger partial charge on any atom is -0.367 e. The van der Waals surface area contributed by atoms with Crippen molar-refractivity contribution in [2.75, 3.05) is 36.4 Å². The van der Waals surface area contributed by atoms with E-state index in [1.165, 1.54) is 6.07 Å². The summed E-state index contributed by atoms with van der Waals surface area (Å²) in [5, 5.41) is 4.09. The maximum Gasteiger partial charge on any atom is 0.257 e. The highest BCUT2D eigenvalue weighted by Crippen LogP contribution is 2.30. The van der Waals surface area contributed by atoms with Crippen LogP contribution in [0.3, 0.4) is 0 Å². The topological polar surface area (TPSA) is 52.7 Å².